The van der Waals surface area contributed by atoms with E-state index in [1.165, 1.54) is 60.5 Å². The molecule has 0 aliphatic heterocycles. The van der Waals surface area contributed by atoms with Gasteiger partial charge in [0.05, 0.1) is 13.2 Å². The van der Waals surface area contributed by atoms with Crippen LogP contribution in [-0.4, -0.2) is 35.4 Å². The summed E-state index contributed by atoms with van der Waals surface area (Å²) in [5.74, 6) is -0.837. The summed E-state index contributed by atoms with van der Waals surface area (Å²) in [6.07, 6.45) is 11.8. The fourth-order valence-corrected chi connectivity index (χ4v) is 13.1. The standard InChI is InChI=1S/C66H58N4O6S4/c1-3-5-7-9-38-75-55-26-22-51(23-27-55)69(49-18-14-45(15-19-49)59-34-36-63(79-59)61-32-30-57(77-61)40-47(43-67)65(71)72)53-12-11-13-54(42-53)70(52-24-28-56(29-25-52)76-39-10-8-6-4-2)50-20-16-46(17-21-50)60-35-37-64(80-60)62-33-31-58(78-62)41-48(44-68)66(73)74/h11-37,40-42H,3-10,38-39H2,1-2H3,(H,71,72)(H,73,74)/b47-40-,48-41-. The van der Waals surface area contributed by atoms with Crippen molar-refractivity contribution in [2.75, 3.05) is 23.0 Å². The molecule has 0 fully saturated rings. The Morgan fingerprint density at radius 3 is 1.15 bits per heavy atom. The maximum absolute atomic E-state index is 11.5. The van der Waals surface area contributed by atoms with Crippen LogP contribution in [0.15, 0.2) is 181 Å². The average Bonchev–Trinajstić information content (AvgIpc) is 4.36. The summed E-state index contributed by atoms with van der Waals surface area (Å²) in [5, 5.41) is 37.3. The number of thiophene rings is 4. The summed E-state index contributed by atoms with van der Waals surface area (Å²) in [4.78, 5) is 35.1. The number of nitrogens with zero attached hydrogens (tertiary/aromatic N) is 4. The number of carboxylic acid groups (broad SMARTS) is 2. The molecule has 0 aliphatic carbocycles. The Kier molecular flexibility index (Phi) is 19.3. The Hall–Kier alpha value is -8.50. The fraction of sp³-hybridized carbons (Fsp3) is 0.182. The average molecular weight is 1130 g/mol. The predicted molar refractivity (Wildman–Crippen MR) is 331 cm³/mol. The first-order chi connectivity index (χ1) is 39.1. The first-order valence-electron chi connectivity index (χ1n) is 26.6. The van der Waals surface area contributed by atoms with Crippen LogP contribution in [0.1, 0.15) is 75.0 Å². The van der Waals surface area contributed by atoms with E-state index in [0.29, 0.717) is 23.0 Å². The molecule has 4 aromatic heterocycles. The van der Waals surface area contributed by atoms with Gasteiger partial charge >= 0.3 is 11.9 Å². The molecular weight excluding hydrogens is 1070 g/mol. The highest BCUT2D eigenvalue weighted by molar-refractivity contribution is 7.24. The topological polar surface area (TPSA) is 147 Å². The lowest BCUT2D eigenvalue weighted by molar-refractivity contribution is -0.133. The van der Waals surface area contributed by atoms with Gasteiger partial charge in [-0.1, -0.05) is 82.7 Å². The van der Waals surface area contributed by atoms with E-state index >= 15 is 0 Å². The van der Waals surface area contributed by atoms with Gasteiger partial charge in [-0.15, -0.1) is 45.3 Å². The van der Waals surface area contributed by atoms with Crippen molar-refractivity contribution in [1.82, 2.24) is 0 Å². The minimum absolute atomic E-state index is 0.300. The Bertz CT molecular complexity index is 3450. The van der Waals surface area contributed by atoms with Crippen molar-refractivity contribution in [2.45, 2.75) is 65.2 Å². The lowest BCUT2D eigenvalue weighted by atomic mass is 10.1. The SMILES string of the molecule is CCCCCCOc1ccc(N(c2ccc(-c3ccc(-c4ccc(/C=C(/C#N)C(=O)O)s4)s3)cc2)c2cccc(N(c3ccc(OCCCCCC)cc3)c3ccc(-c4ccc(-c5ccc(/C=C(/C#N)C(=O)O)s5)s4)cc3)c2)cc1. The predicted octanol–water partition coefficient (Wildman–Crippen LogP) is 19.4. The fourth-order valence-electron chi connectivity index (χ4n) is 8.98. The van der Waals surface area contributed by atoms with E-state index in [1.54, 1.807) is 34.8 Å². The second kappa shape index (κ2) is 27.4. The monoisotopic (exact) mass is 1130 g/mol. The molecule has 2 N–H and O–H groups in total. The summed E-state index contributed by atoms with van der Waals surface area (Å²) in [6, 6.07) is 61.9. The molecule has 5 aromatic carbocycles. The zero-order chi connectivity index (χ0) is 55.8. The minimum atomic E-state index is -1.24. The first-order valence-corrected chi connectivity index (χ1v) is 29.8. The molecule has 80 heavy (non-hydrogen) atoms. The van der Waals surface area contributed by atoms with Gasteiger partial charge in [0.2, 0.25) is 0 Å². The smallest absolute Gasteiger partial charge is 0.346 e. The van der Waals surface area contributed by atoms with E-state index in [9.17, 15) is 30.3 Å². The number of aliphatic carboxylic acids is 2. The second-order valence-corrected chi connectivity index (χ2v) is 23.2. The number of benzene rings is 5. The van der Waals surface area contributed by atoms with Gasteiger partial charge in [0.1, 0.15) is 34.8 Å². The lowest BCUT2D eigenvalue weighted by Crippen LogP contribution is -2.13. The summed E-state index contributed by atoms with van der Waals surface area (Å²) in [5.41, 5.74) is 7.27. The van der Waals surface area contributed by atoms with Crippen LogP contribution in [0.4, 0.5) is 34.1 Å². The van der Waals surface area contributed by atoms with Gasteiger partial charge in [-0.3, -0.25) is 0 Å². The molecular formula is C66H58N4O6S4. The molecule has 0 spiro atoms. The number of carboxylic acids is 2. The molecule has 0 unspecified atom stereocenters. The molecule has 0 amide bonds. The number of carbonyl (C=O) groups is 2. The van der Waals surface area contributed by atoms with Crippen molar-refractivity contribution >= 4 is 104 Å². The molecule has 9 aromatic rings. The van der Waals surface area contributed by atoms with Gasteiger partial charge < -0.3 is 29.5 Å². The minimum Gasteiger partial charge on any atom is -0.494 e. The van der Waals surface area contributed by atoms with Gasteiger partial charge in [0, 0.05) is 73.1 Å². The largest absolute Gasteiger partial charge is 0.494 e. The number of ether oxygens (including phenoxy) is 2. The summed E-state index contributed by atoms with van der Waals surface area (Å²) >= 11 is 6.21. The maximum Gasteiger partial charge on any atom is 0.346 e. The highest BCUT2D eigenvalue weighted by Crippen LogP contribution is 2.45. The van der Waals surface area contributed by atoms with Gasteiger partial charge in [-0.2, -0.15) is 10.5 Å². The molecule has 10 nitrogen and oxygen atoms in total. The van der Waals surface area contributed by atoms with Crippen molar-refractivity contribution in [2.24, 2.45) is 0 Å². The molecule has 0 radical (unpaired) electrons. The summed E-state index contributed by atoms with van der Waals surface area (Å²) in [7, 11) is 0. The quantitative estimate of drug-likeness (QED) is 0.0305. The maximum atomic E-state index is 11.5. The Labute approximate surface area is 483 Å². The molecule has 0 saturated heterocycles. The van der Waals surface area contributed by atoms with E-state index in [2.05, 4.69) is 145 Å². The molecule has 4 heterocycles. The Morgan fingerprint density at radius 1 is 0.438 bits per heavy atom. The van der Waals surface area contributed by atoms with Crippen LogP contribution in [-0.2, 0) is 9.59 Å². The van der Waals surface area contributed by atoms with Crippen molar-refractivity contribution in [1.29, 1.82) is 10.5 Å². The molecule has 0 atom stereocenters. The van der Waals surface area contributed by atoms with Gasteiger partial charge in [-0.05, 0) is 176 Å². The van der Waals surface area contributed by atoms with Crippen LogP contribution in [0.5, 0.6) is 11.5 Å². The van der Waals surface area contributed by atoms with Crippen molar-refractivity contribution in [3.05, 3.63) is 191 Å². The zero-order valence-corrected chi connectivity index (χ0v) is 47.6. The summed E-state index contributed by atoms with van der Waals surface area (Å²) < 4.78 is 12.4. The third kappa shape index (κ3) is 14.2. The number of rotatable bonds is 26. The first kappa shape index (κ1) is 56.2. The van der Waals surface area contributed by atoms with Gasteiger partial charge in [0.25, 0.3) is 0 Å². The van der Waals surface area contributed by atoms with Crippen molar-refractivity contribution < 1.29 is 29.3 Å². The number of unbranched alkanes of at least 4 members (excludes halogenated alkanes) is 6. The number of anilines is 6. The summed E-state index contributed by atoms with van der Waals surface area (Å²) in [6.45, 7) is 5.76. The molecule has 0 bridgehead atoms. The van der Waals surface area contributed by atoms with E-state index in [-0.39, 0.29) is 11.1 Å². The lowest BCUT2D eigenvalue weighted by Gasteiger charge is -2.29. The van der Waals surface area contributed by atoms with E-state index in [4.69, 9.17) is 9.47 Å². The normalized spacial score (nSPS) is 11.4. The molecule has 14 heteroatoms. The van der Waals surface area contributed by atoms with Crippen LogP contribution in [0.3, 0.4) is 0 Å². The van der Waals surface area contributed by atoms with Crippen molar-refractivity contribution in [3.63, 3.8) is 0 Å². The van der Waals surface area contributed by atoms with Crippen molar-refractivity contribution in [3.8, 4) is 64.0 Å². The third-order valence-corrected chi connectivity index (χ3v) is 17.8. The van der Waals surface area contributed by atoms with E-state index in [0.717, 1.165) is 112 Å². The Balaban J connectivity index is 1.04. The molecule has 9 rings (SSSR count). The number of hydrogen-bond acceptors (Lipinski definition) is 12. The molecule has 402 valence electrons. The Morgan fingerprint density at radius 2 is 0.787 bits per heavy atom. The van der Waals surface area contributed by atoms with E-state index < -0.39 is 11.9 Å². The van der Waals surface area contributed by atoms with Crippen LogP contribution < -0.4 is 19.3 Å². The van der Waals surface area contributed by atoms with E-state index in [1.807, 2.05) is 48.5 Å². The number of hydrogen-bond donors (Lipinski definition) is 2. The van der Waals surface area contributed by atoms with Crippen LogP contribution in [0, 0.1) is 22.7 Å². The zero-order valence-electron chi connectivity index (χ0n) is 44.3. The van der Waals surface area contributed by atoms with Crippen LogP contribution in [0.2, 0.25) is 0 Å². The highest BCUT2D eigenvalue weighted by Gasteiger charge is 2.20. The van der Waals surface area contributed by atoms with Crippen LogP contribution in [0.25, 0.3) is 52.5 Å². The third-order valence-electron chi connectivity index (χ3n) is 13.1. The highest BCUT2D eigenvalue weighted by atomic mass is 32.1. The number of nitriles is 2. The second-order valence-electron chi connectivity index (χ2n) is 18.8. The van der Waals surface area contributed by atoms with Crippen LogP contribution >= 0.6 is 45.3 Å². The van der Waals surface area contributed by atoms with Gasteiger partial charge in [-0.25, -0.2) is 9.59 Å². The van der Waals surface area contributed by atoms with Gasteiger partial charge in [0.15, 0.2) is 0 Å². The molecule has 0 aliphatic rings. The molecule has 0 saturated carbocycles.